The molecule has 0 atom stereocenters. The van der Waals surface area contributed by atoms with E-state index in [1.807, 2.05) is 0 Å². The first kappa shape index (κ1) is 16.5. The summed E-state index contributed by atoms with van der Waals surface area (Å²) >= 11 is 0. The van der Waals surface area contributed by atoms with Crippen LogP contribution in [-0.2, 0) is 4.74 Å². The molecule has 2 aromatic rings. The molecular formula is C17H17FN2O3. The van der Waals surface area contributed by atoms with Crippen molar-refractivity contribution in [1.29, 1.82) is 0 Å². The number of esters is 1. The largest absolute Gasteiger partial charge is 0.462 e. The fraction of sp³-hybridized carbons (Fsp3) is 0.176. The van der Waals surface area contributed by atoms with E-state index in [2.05, 4.69) is 10.6 Å². The highest BCUT2D eigenvalue weighted by atomic mass is 19.1. The van der Waals surface area contributed by atoms with Gasteiger partial charge in [0.2, 0.25) is 0 Å². The second kappa shape index (κ2) is 7.40. The summed E-state index contributed by atoms with van der Waals surface area (Å²) in [6, 6.07) is 10.2. The molecule has 5 nitrogen and oxygen atoms in total. The van der Waals surface area contributed by atoms with E-state index in [4.69, 9.17) is 4.74 Å². The maximum atomic E-state index is 13.7. The van der Waals surface area contributed by atoms with Gasteiger partial charge in [0.25, 0.3) is 0 Å². The van der Waals surface area contributed by atoms with Crippen molar-refractivity contribution in [3.05, 3.63) is 59.4 Å². The van der Waals surface area contributed by atoms with Crippen LogP contribution in [0.2, 0.25) is 0 Å². The van der Waals surface area contributed by atoms with Gasteiger partial charge >= 0.3 is 12.0 Å². The lowest BCUT2D eigenvalue weighted by molar-refractivity contribution is 0.0526. The molecular weight excluding hydrogens is 299 g/mol. The number of carbonyl (C=O) groups is 2. The number of benzene rings is 2. The minimum absolute atomic E-state index is 0.0937. The number of hydrogen-bond acceptors (Lipinski definition) is 3. The zero-order valence-corrected chi connectivity index (χ0v) is 12.9. The molecule has 0 radical (unpaired) electrons. The number of urea groups is 1. The molecule has 0 aromatic heterocycles. The highest BCUT2D eigenvalue weighted by Gasteiger charge is 2.09. The molecule has 6 heteroatoms. The molecule has 0 aliphatic carbocycles. The SMILES string of the molecule is CCOC(=O)c1ccc(NC(=O)Nc2ccc(C)cc2F)cc1. The number of rotatable bonds is 4. The van der Waals surface area contributed by atoms with Crippen molar-refractivity contribution >= 4 is 23.4 Å². The lowest BCUT2D eigenvalue weighted by atomic mass is 10.2. The summed E-state index contributed by atoms with van der Waals surface area (Å²) in [5.74, 6) is -0.928. The molecule has 0 unspecified atom stereocenters. The molecule has 0 saturated heterocycles. The Hall–Kier alpha value is -2.89. The van der Waals surface area contributed by atoms with Crippen molar-refractivity contribution < 1.29 is 18.7 Å². The lowest BCUT2D eigenvalue weighted by Gasteiger charge is -2.09. The standard InChI is InChI=1S/C17H17FN2O3/c1-3-23-16(21)12-5-7-13(8-6-12)19-17(22)20-15-9-4-11(2)10-14(15)18/h4-10H,3H2,1-2H3,(H2,19,20,22). The van der Waals surface area contributed by atoms with Crippen molar-refractivity contribution in [2.45, 2.75) is 13.8 Å². The van der Waals surface area contributed by atoms with Gasteiger partial charge in [-0.15, -0.1) is 0 Å². The Morgan fingerprint density at radius 2 is 1.78 bits per heavy atom. The first-order valence-electron chi connectivity index (χ1n) is 7.11. The summed E-state index contributed by atoms with van der Waals surface area (Å²) in [6.45, 7) is 3.78. The summed E-state index contributed by atoms with van der Waals surface area (Å²) in [7, 11) is 0. The number of aryl methyl sites for hydroxylation is 1. The van der Waals surface area contributed by atoms with Crippen LogP contribution in [0.1, 0.15) is 22.8 Å². The van der Waals surface area contributed by atoms with Crippen molar-refractivity contribution in [1.82, 2.24) is 0 Å². The fourth-order valence-electron chi connectivity index (χ4n) is 1.91. The summed E-state index contributed by atoms with van der Waals surface area (Å²) in [4.78, 5) is 23.4. The Morgan fingerprint density at radius 3 is 2.39 bits per heavy atom. The second-order valence-electron chi connectivity index (χ2n) is 4.86. The molecule has 2 amide bonds. The summed E-state index contributed by atoms with van der Waals surface area (Å²) in [5.41, 5.74) is 1.73. The van der Waals surface area contributed by atoms with E-state index in [0.717, 1.165) is 5.56 Å². The average Bonchev–Trinajstić information content (AvgIpc) is 2.51. The van der Waals surface area contributed by atoms with Gasteiger partial charge < -0.3 is 15.4 Å². The minimum atomic E-state index is -0.573. The third kappa shape index (κ3) is 4.54. The molecule has 0 saturated carbocycles. The zero-order chi connectivity index (χ0) is 16.8. The maximum absolute atomic E-state index is 13.7. The summed E-state index contributed by atoms with van der Waals surface area (Å²) < 4.78 is 18.5. The Kier molecular flexibility index (Phi) is 5.30. The van der Waals surface area contributed by atoms with Gasteiger partial charge in [0.1, 0.15) is 5.82 Å². The minimum Gasteiger partial charge on any atom is -0.462 e. The molecule has 0 aliphatic heterocycles. The summed E-state index contributed by atoms with van der Waals surface area (Å²) in [5, 5.41) is 4.99. The highest BCUT2D eigenvalue weighted by Crippen LogP contribution is 2.16. The molecule has 0 bridgehead atoms. The van der Waals surface area contributed by atoms with Crippen LogP contribution in [0, 0.1) is 12.7 Å². The van der Waals surface area contributed by atoms with Crippen molar-refractivity contribution in [3.8, 4) is 0 Å². The maximum Gasteiger partial charge on any atom is 0.338 e. The second-order valence-corrected chi connectivity index (χ2v) is 4.86. The molecule has 0 fully saturated rings. The van der Waals surface area contributed by atoms with Crippen LogP contribution < -0.4 is 10.6 Å². The van der Waals surface area contributed by atoms with E-state index in [0.29, 0.717) is 17.9 Å². The Balaban J connectivity index is 1.98. The average molecular weight is 316 g/mol. The fourth-order valence-corrected chi connectivity index (χ4v) is 1.91. The van der Waals surface area contributed by atoms with Crippen molar-refractivity contribution in [2.24, 2.45) is 0 Å². The summed E-state index contributed by atoms with van der Waals surface area (Å²) in [6.07, 6.45) is 0. The smallest absolute Gasteiger partial charge is 0.338 e. The van der Waals surface area contributed by atoms with Crippen molar-refractivity contribution in [2.75, 3.05) is 17.2 Å². The van der Waals surface area contributed by atoms with Crippen LogP contribution in [0.3, 0.4) is 0 Å². The highest BCUT2D eigenvalue weighted by molar-refractivity contribution is 6.00. The molecule has 120 valence electrons. The Bertz CT molecular complexity index is 714. The molecule has 2 N–H and O–H groups in total. The lowest BCUT2D eigenvalue weighted by Crippen LogP contribution is -2.20. The van der Waals surface area contributed by atoms with Gasteiger partial charge in [-0.3, -0.25) is 0 Å². The van der Waals surface area contributed by atoms with E-state index >= 15 is 0 Å². The van der Waals surface area contributed by atoms with Crippen LogP contribution in [0.25, 0.3) is 0 Å². The van der Waals surface area contributed by atoms with Gasteiger partial charge in [0.05, 0.1) is 17.9 Å². The van der Waals surface area contributed by atoms with Gasteiger partial charge in [-0.1, -0.05) is 6.07 Å². The van der Waals surface area contributed by atoms with Crippen molar-refractivity contribution in [3.63, 3.8) is 0 Å². The van der Waals surface area contributed by atoms with E-state index in [1.54, 1.807) is 44.2 Å². The molecule has 0 aliphatic rings. The van der Waals surface area contributed by atoms with E-state index in [-0.39, 0.29) is 5.69 Å². The van der Waals surface area contributed by atoms with E-state index < -0.39 is 17.8 Å². The molecule has 0 spiro atoms. The molecule has 2 rings (SSSR count). The third-order valence-electron chi connectivity index (χ3n) is 3.03. The number of hydrogen-bond donors (Lipinski definition) is 2. The van der Waals surface area contributed by atoms with Crippen LogP contribution >= 0.6 is 0 Å². The van der Waals surface area contributed by atoms with Gasteiger partial charge in [-0.25, -0.2) is 14.0 Å². The first-order valence-corrected chi connectivity index (χ1v) is 7.11. The van der Waals surface area contributed by atoms with Gasteiger partial charge in [0, 0.05) is 5.69 Å². The molecule has 0 heterocycles. The van der Waals surface area contributed by atoms with Crippen LogP contribution in [0.5, 0.6) is 0 Å². The topological polar surface area (TPSA) is 67.4 Å². The predicted molar refractivity (Wildman–Crippen MR) is 86.2 cm³/mol. The molecule has 23 heavy (non-hydrogen) atoms. The van der Waals surface area contributed by atoms with Gasteiger partial charge in [-0.2, -0.15) is 0 Å². The van der Waals surface area contributed by atoms with Crippen LogP contribution in [0.4, 0.5) is 20.6 Å². The number of amides is 2. The van der Waals surface area contributed by atoms with Crippen LogP contribution in [0.15, 0.2) is 42.5 Å². The first-order chi connectivity index (χ1) is 11.0. The Labute approximate surface area is 133 Å². The van der Waals surface area contributed by atoms with Gasteiger partial charge in [-0.05, 0) is 55.8 Å². The van der Waals surface area contributed by atoms with Crippen LogP contribution in [-0.4, -0.2) is 18.6 Å². The number of anilines is 2. The normalized spacial score (nSPS) is 10.0. The number of carbonyl (C=O) groups excluding carboxylic acids is 2. The predicted octanol–water partition coefficient (Wildman–Crippen LogP) is 3.95. The zero-order valence-electron chi connectivity index (χ0n) is 12.9. The number of nitrogens with one attached hydrogen (secondary N) is 2. The van der Waals surface area contributed by atoms with E-state index in [9.17, 15) is 14.0 Å². The number of halogens is 1. The molecule has 2 aromatic carbocycles. The monoisotopic (exact) mass is 316 g/mol. The number of ether oxygens (including phenoxy) is 1. The third-order valence-corrected chi connectivity index (χ3v) is 3.03. The van der Waals surface area contributed by atoms with E-state index in [1.165, 1.54) is 12.1 Å². The quantitative estimate of drug-likeness (QED) is 0.839. The Morgan fingerprint density at radius 1 is 1.09 bits per heavy atom. The van der Waals surface area contributed by atoms with Gasteiger partial charge in [0.15, 0.2) is 0 Å².